The lowest BCUT2D eigenvalue weighted by Gasteiger charge is -2.15. The zero-order chi connectivity index (χ0) is 13.9. The van der Waals surface area contributed by atoms with Crippen LogP contribution in [-0.4, -0.2) is 19.0 Å². The van der Waals surface area contributed by atoms with E-state index in [0.717, 1.165) is 24.9 Å². The summed E-state index contributed by atoms with van der Waals surface area (Å²) in [7, 11) is 0. The van der Waals surface area contributed by atoms with Gasteiger partial charge in [-0.3, -0.25) is 4.99 Å². The molecule has 112 valence electrons. The van der Waals surface area contributed by atoms with E-state index in [1.807, 2.05) is 12.1 Å². The van der Waals surface area contributed by atoms with Gasteiger partial charge >= 0.3 is 0 Å². The van der Waals surface area contributed by atoms with E-state index in [-0.39, 0.29) is 35.2 Å². The van der Waals surface area contributed by atoms with Crippen LogP contribution in [0.3, 0.4) is 0 Å². The van der Waals surface area contributed by atoms with Gasteiger partial charge in [-0.05, 0) is 30.4 Å². The van der Waals surface area contributed by atoms with Crippen LogP contribution in [0.4, 0.5) is 4.39 Å². The largest absolute Gasteiger partial charge is 0.370 e. The Hall–Kier alpha value is -0.850. The first-order valence-electron chi connectivity index (χ1n) is 6.82. The van der Waals surface area contributed by atoms with Crippen LogP contribution in [0.5, 0.6) is 0 Å². The van der Waals surface area contributed by atoms with Crippen molar-refractivity contribution in [3.63, 3.8) is 0 Å². The maximum absolute atomic E-state index is 13.8. The van der Waals surface area contributed by atoms with E-state index in [1.165, 1.54) is 6.07 Å². The number of hydrogen-bond donors (Lipinski definition) is 2. The smallest absolute Gasteiger partial charge is 0.188 e. The minimum atomic E-state index is -0.135. The van der Waals surface area contributed by atoms with Crippen molar-refractivity contribution in [3.05, 3.63) is 35.6 Å². The predicted molar refractivity (Wildman–Crippen MR) is 92.1 cm³/mol. The molecular weight excluding hydrogens is 368 g/mol. The topological polar surface area (TPSA) is 50.4 Å². The molecule has 2 rings (SSSR count). The van der Waals surface area contributed by atoms with Gasteiger partial charge in [0.2, 0.25) is 0 Å². The Morgan fingerprint density at radius 2 is 2.05 bits per heavy atom. The van der Waals surface area contributed by atoms with Gasteiger partial charge in [0.05, 0.1) is 6.54 Å². The molecule has 1 aromatic carbocycles. The summed E-state index contributed by atoms with van der Waals surface area (Å²) in [6.45, 7) is 5.59. The van der Waals surface area contributed by atoms with Crippen molar-refractivity contribution in [3.8, 4) is 0 Å². The molecule has 20 heavy (non-hydrogen) atoms. The van der Waals surface area contributed by atoms with Crippen LogP contribution in [0.1, 0.15) is 32.3 Å². The molecule has 0 unspecified atom stereocenters. The molecule has 0 saturated heterocycles. The Labute approximate surface area is 137 Å². The highest BCUT2D eigenvalue weighted by molar-refractivity contribution is 14.0. The second kappa shape index (κ2) is 7.24. The third kappa shape index (κ3) is 4.33. The number of benzene rings is 1. The summed E-state index contributed by atoms with van der Waals surface area (Å²) < 4.78 is 13.8. The minimum absolute atomic E-state index is 0. The van der Waals surface area contributed by atoms with E-state index in [9.17, 15) is 4.39 Å². The van der Waals surface area contributed by atoms with Crippen molar-refractivity contribution in [1.82, 2.24) is 5.32 Å². The summed E-state index contributed by atoms with van der Waals surface area (Å²) in [6.07, 6.45) is 1.96. The number of guanidine groups is 1. The summed E-state index contributed by atoms with van der Waals surface area (Å²) in [5.74, 6) is 0.843. The molecule has 3 N–H and O–H groups in total. The predicted octanol–water partition coefficient (Wildman–Crippen LogP) is 3.04. The Morgan fingerprint density at radius 1 is 1.40 bits per heavy atom. The monoisotopic (exact) mass is 391 g/mol. The number of halogens is 2. The quantitative estimate of drug-likeness (QED) is 0.461. The van der Waals surface area contributed by atoms with Gasteiger partial charge in [0, 0.05) is 12.0 Å². The van der Waals surface area contributed by atoms with Gasteiger partial charge in [-0.1, -0.05) is 32.0 Å². The van der Waals surface area contributed by atoms with Crippen LogP contribution >= 0.6 is 24.0 Å². The minimum Gasteiger partial charge on any atom is -0.370 e. The number of aliphatic imine (C=N–C) groups is 1. The Kier molecular flexibility index (Phi) is 6.23. The fourth-order valence-corrected chi connectivity index (χ4v) is 2.16. The summed E-state index contributed by atoms with van der Waals surface area (Å²) in [4.78, 5) is 4.36. The first kappa shape index (κ1) is 17.2. The maximum Gasteiger partial charge on any atom is 0.188 e. The van der Waals surface area contributed by atoms with Crippen molar-refractivity contribution in [2.24, 2.45) is 16.6 Å². The van der Waals surface area contributed by atoms with Gasteiger partial charge in [-0.25, -0.2) is 4.39 Å². The molecule has 0 heterocycles. The lowest BCUT2D eigenvalue weighted by Crippen LogP contribution is -2.35. The lowest BCUT2D eigenvalue weighted by atomic mass is 9.95. The van der Waals surface area contributed by atoms with E-state index in [2.05, 4.69) is 24.2 Å². The van der Waals surface area contributed by atoms with Crippen molar-refractivity contribution < 1.29 is 4.39 Å². The first-order chi connectivity index (χ1) is 9.03. The van der Waals surface area contributed by atoms with Gasteiger partial charge in [-0.15, -0.1) is 24.0 Å². The highest BCUT2D eigenvalue weighted by Gasteiger charge is 2.45. The second-order valence-corrected chi connectivity index (χ2v) is 5.74. The van der Waals surface area contributed by atoms with Crippen molar-refractivity contribution in [2.45, 2.75) is 32.1 Å². The number of nitrogens with two attached hydrogens (primary N) is 1. The Morgan fingerprint density at radius 3 is 2.60 bits per heavy atom. The van der Waals surface area contributed by atoms with Crippen molar-refractivity contribution >= 4 is 29.9 Å². The highest BCUT2D eigenvalue weighted by Crippen LogP contribution is 2.49. The van der Waals surface area contributed by atoms with E-state index < -0.39 is 0 Å². The maximum atomic E-state index is 13.8. The van der Waals surface area contributed by atoms with Crippen molar-refractivity contribution in [2.75, 3.05) is 13.1 Å². The third-order valence-corrected chi connectivity index (χ3v) is 3.54. The molecule has 0 radical (unpaired) electrons. The second-order valence-electron chi connectivity index (χ2n) is 5.74. The van der Waals surface area contributed by atoms with Gasteiger partial charge in [0.25, 0.3) is 0 Å². The summed E-state index contributed by atoms with van der Waals surface area (Å²) in [5.41, 5.74) is 6.46. The summed E-state index contributed by atoms with van der Waals surface area (Å²) in [5, 5.41) is 3.08. The van der Waals surface area contributed by atoms with Gasteiger partial charge < -0.3 is 11.1 Å². The molecule has 1 aliphatic carbocycles. The first-order valence-corrected chi connectivity index (χ1v) is 6.82. The molecule has 1 fully saturated rings. The van der Waals surface area contributed by atoms with Crippen LogP contribution in [0.25, 0.3) is 0 Å². The average molecular weight is 391 g/mol. The molecule has 0 bridgehead atoms. The molecule has 1 saturated carbocycles. The van der Waals surface area contributed by atoms with Crippen LogP contribution in [0.15, 0.2) is 29.3 Å². The van der Waals surface area contributed by atoms with E-state index in [1.54, 1.807) is 6.07 Å². The molecule has 0 atom stereocenters. The number of hydrogen-bond acceptors (Lipinski definition) is 1. The fraction of sp³-hybridized carbons (Fsp3) is 0.533. The van der Waals surface area contributed by atoms with E-state index in [4.69, 9.17) is 5.73 Å². The third-order valence-electron chi connectivity index (χ3n) is 3.54. The molecular formula is C15H23FIN3. The number of rotatable bonds is 5. The molecule has 1 aromatic rings. The Bertz CT molecular complexity index is 470. The molecule has 0 aliphatic heterocycles. The zero-order valence-electron chi connectivity index (χ0n) is 12.0. The highest BCUT2D eigenvalue weighted by atomic mass is 127. The number of nitrogens with one attached hydrogen (secondary N) is 1. The summed E-state index contributed by atoms with van der Waals surface area (Å²) >= 11 is 0. The van der Waals surface area contributed by atoms with Gasteiger partial charge in [0.15, 0.2) is 5.96 Å². The molecule has 3 nitrogen and oxygen atoms in total. The SMILES string of the molecule is CC(C)CNC(N)=NCC1(c2ccccc2F)CC1.I. The van der Waals surface area contributed by atoms with Crippen LogP contribution in [-0.2, 0) is 5.41 Å². The molecule has 0 aromatic heterocycles. The number of nitrogens with zero attached hydrogens (tertiary/aromatic N) is 1. The van der Waals surface area contributed by atoms with Crippen LogP contribution < -0.4 is 11.1 Å². The summed E-state index contributed by atoms with van der Waals surface area (Å²) in [6, 6.07) is 6.97. The average Bonchev–Trinajstić information content (AvgIpc) is 3.15. The normalized spacial score (nSPS) is 16.7. The van der Waals surface area contributed by atoms with Gasteiger partial charge in [-0.2, -0.15) is 0 Å². The zero-order valence-corrected chi connectivity index (χ0v) is 14.4. The molecule has 0 spiro atoms. The van der Waals surface area contributed by atoms with Gasteiger partial charge in [0.1, 0.15) is 5.82 Å². The van der Waals surface area contributed by atoms with Crippen LogP contribution in [0, 0.1) is 11.7 Å². The fourth-order valence-electron chi connectivity index (χ4n) is 2.16. The Balaban J connectivity index is 0.00000200. The van der Waals surface area contributed by atoms with E-state index >= 15 is 0 Å². The van der Waals surface area contributed by atoms with Crippen molar-refractivity contribution in [1.29, 1.82) is 0 Å². The van der Waals surface area contributed by atoms with E-state index in [0.29, 0.717) is 18.4 Å². The molecule has 0 amide bonds. The lowest BCUT2D eigenvalue weighted by molar-refractivity contribution is 0.571. The standard InChI is InChI=1S/C15H22FN3.HI/c1-11(2)9-18-14(17)19-10-15(7-8-15)12-5-3-4-6-13(12)16;/h3-6,11H,7-10H2,1-2H3,(H3,17,18,19);1H. The molecule has 5 heteroatoms. The molecule has 1 aliphatic rings. The van der Waals surface area contributed by atoms with Crippen LogP contribution in [0.2, 0.25) is 0 Å².